The molecule has 1 aliphatic carbocycles. The quantitative estimate of drug-likeness (QED) is 0.343. The number of hydrogen-bond acceptors (Lipinski definition) is 9. The lowest BCUT2D eigenvalue weighted by molar-refractivity contribution is 0.0546. The number of aliphatic hydroxyl groups excluding tert-OH is 1. The van der Waals surface area contributed by atoms with Crippen LogP contribution < -0.4 is 10.6 Å². The Morgan fingerprint density at radius 1 is 1.16 bits per heavy atom. The molecule has 0 bridgehead atoms. The van der Waals surface area contributed by atoms with Gasteiger partial charge in [-0.1, -0.05) is 24.3 Å². The number of benzene rings is 1. The third-order valence-corrected chi connectivity index (χ3v) is 7.22. The zero-order chi connectivity index (χ0) is 26.0. The number of methoxy groups -OCH3 is 2. The van der Waals surface area contributed by atoms with Crippen LogP contribution in [0, 0.1) is 0 Å². The molecule has 0 spiro atoms. The van der Waals surface area contributed by atoms with Crippen molar-refractivity contribution in [2.75, 3.05) is 65.5 Å². The molecule has 1 aromatic heterocycles. The Morgan fingerprint density at radius 2 is 1.89 bits per heavy atom. The molecule has 10 heteroatoms. The van der Waals surface area contributed by atoms with Crippen molar-refractivity contribution in [1.82, 2.24) is 25.1 Å². The number of amides is 1. The lowest BCUT2D eigenvalue weighted by atomic mass is 9.85. The van der Waals surface area contributed by atoms with Gasteiger partial charge >= 0.3 is 0 Å². The summed E-state index contributed by atoms with van der Waals surface area (Å²) >= 11 is 0. The van der Waals surface area contributed by atoms with Crippen molar-refractivity contribution < 1.29 is 19.4 Å². The topological polar surface area (TPSA) is 112 Å². The van der Waals surface area contributed by atoms with E-state index in [4.69, 9.17) is 9.47 Å². The minimum atomic E-state index is -0.653. The standard InChI is InChI=1S/C27H40N6O4/c1-36-11-9-33(10-12-37-2)23-13-22(14-23)31-26-15-25(29-19-30-26)27(35)28-16-24(34)18-32-8-7-20-5-3-4-6-21(20)17-32/h3-6,15,19,22-24,34H,7-14,16-18H2,1-2H3,(H,28,35)(H,29,30,31)/t22-,23+,24-/m0/s1. The van der Waals surface area contributed by atoms with Gasteiger partial charge in [0.15, 0.2) is 0 Å². The normalized spacial score (nSPS) is 20.2. The first kappa shape index (κ1) is 27.4. The zero-order valence-electron chi connectivity index (χ0n) is 21.9. The molecule has 0 radical (unpaired) electrons. The smallest absolute Gasteiger partial charge is 0.270 e. The molecule has 0 unspecified atom stereocenters. The Balaban J connectivity index is 1.20. The number of carbonyl (C=O) groups excluding carboxylic acids is 1. The fourth-order valence-corrected chi connectivity index (χ4v) is 5.04. The number of rotatable bonds is 14. The second kappa shape index (κ2) is 13.8. The molecule has 3 N–H and O–H groups in total. The van der Waals surface area contributed by atoms with Crippen molar-refractivity contribution in [2.45, 2.75) is 44.0 Å². The van der Waals surface area contributed by atoms with E-state index in [-0.39, 0.29) is 18.1 Å². The number of aliphatic hydroxyl groups is 1. The van der Waals surface area contributed by atoms with Crippen LogP contribution in [0.4, 0.5) is 5.82 Å². The summed E-state index contributed by atoms with van der Waals surface area (Å²) in [5, 5.41) is 16.7. The molecule has 2 aliphatic rings. The summed E-state index contributed by atoms with van der Waals surface area (Å²) in [7, 11) is 3.44. The van der Waals surface area contributed by atoms with E-state index in [0.29, 0.717) is 37.7 Å². The number of ether oxygens (including phenoxy) is 2. The van der Waals surface area contributed by atoms with E-state index in [1.807, 2.05) is 6.07 Å². The third-order valence-electron chi connectivity index (χ3n) is 7.22. The number of anilines is 1. The van der Waals surface area contributed by atoms with E-state index < -0.39 is 6.10 Å². The number of nitrogens with zero attached hydrogens (tertiary/aromatic N) is 4. The highest BCUT2D eigenvalue weighted by atomic mass is 16.5. The van der Waals surface area contributed by atoms with Gasteiger partial charge in [-0.2, -0.15) is 0 Å². The van der Waals surface area contributed by atoms with Crippen LogP contribution in [0.15, 0.2) is 36.7 Å². The van der Waals surface area contributed by atoms with Crippen LogP contribution in [-0.2, 0) is 22.4 Å². The van der Waals surface area contributed by atoms with Crippen LogP contribution in [0.25, 0.3) is 0 Å². The predicted molar refractivity (Wildman–Crippen MR) is 142 cm³/mol. The summed E-state index contributed by atoms with van der Waals surface area (Å²) in [6.07, 6.45) is 3.71. The van der Waals surface area contributed by atoms with Crippen LogP contribution >= 0.6 is 0 Å². The Morgan fingerprint density at radius 3 is 2.62 bits per heavy atom. The summed E-state index contributed by atoms with van der Waals surface area (Å²) in [6, 6.07) is 10.9. The van der Waals surface area contributed by atoms with Crippen molar-refractivity contribution in [3.05, 3.63) is 53.5 Å². The van der Waals surface area contributed by atoms with Crippen molar-refractivity contribution in [1.29, 1.82) is 0 Å². The maximum atomic E-state index is 12.7. The molecule has 1 fully saturated rings. The van der Waals surface area contributed by atoms with Crippen LogP contribution in [0.2, 0.25) is 0 Å². The maximum Gasteiger partial charge on any atom is 0.270 e. The summed E-state index contributed by atoms with van der Waals surface area (Å²) in [6.45, 7) is 5.57. The number of nitrogens with one attached hydrogen (secondary N) is 2. The number of carbonyl (C=O) groups is 1. The lowest BCUT2D eigenvalue weighted by Gasteiger charge is -2.43. The summed E-state index contributed by atoms with van der Waals surface area (Å²) in [5.41, 5.74) is 2.97. The molecule has 4 rings (SSSR count). The first-order chi connectivity index (χ1) is 18.1. The molecule has 1 amide bonds. The molecule has 1 saturated carbocycles. The Hall–Kier alpha value is -2.63. The van der Waals surface area contributed by atoms with Crippen molar-refractivity contribution in [3.63, 3.8) is 0 Å². The van der Waals surface area contributed by atoms with E-state index >= 15 is 0 Å². The van der Waals surface area contributed by atoms with Gasteiger partial charge in [0.1, 0.15) is 17.8 Å². The average molecular weight is 513 g/mol. The molecule has 37 heavy (non-hydrogen) atoms. The molecule has 1 aliphatic heterocycles. The van der Waals surface area contributed by atoms with E-state index in [1.54, 1.807) is 20.3 Å². The van der Waals surface area contributed by atoms with Gasteiger partial charge in [-0.05, 0) is 30.4 Å². The van der Waals surface area contributed by atoms with Gasteiger partial charge in [-0.15, -0.1) is 0 Å². The number of aromatic nitrogens is 2. The molecule has 2 heterocycles. The molecular formula is C27H40N6O4. The van der Waals surface area contributed by atoms with Gasteiger partial charge in [-0.25, -0.2) is 9.97 Å². The minimum absolute atomic E-state index is 0.173. The van der Waals surface area contributed by atoms with Crippen molar-refractivity contribution in [3.8, 4) is 0 Å². The highest BCUT2D eigenvalue weighted by Gasteiger charge is 2.33. The maximum absolute atomic E-state index is 12.7. The first-order valence-corrected chi connectivity index (χ1v) is 13.1. The monoisotopic (exact) mass is 512 g/mol. The molecule has 0 saturated heterocycles. The number of fused-ring (bicyclic) bond motifs is 1. The largest absolute Gasteiger partial charge is 0.390 e. The van der Waals surface area contributed by atoms with Crippen LogP contribution in [0.1, 0.15) is 34.5 Å². The highest BCUT2D eigenvalue weighted by molar-refractivity contribution is 5.92. The lowest BCUT2D eigenvalue weighted by Crippen LogP contribution is -2.51. The molecule has 1 atom stereocenters. The van der Waals surface area contributed by atoms with E-state index in [0.717, 1.165) is 45.4 Å². The molecule has 2 aromatic rings. The Labute approximate surface area is 219 Å². The van der Waals surface area contributed by atoms with E-state index in [9.17, 15) is 9.90 Å². The predicted octanol–water partition coefficient (Wildman–Crippen LogP) is 1.16. The summed E-state index contributed by atoms with van der Waals surface area (Å²) in [5.74, 6) is 0.321. The fraction of sp³-hybridized carbons (Fsp3) is 0.593. The first-order valence-electron chi connectivity index (χ1n) is 13.1. The summed E-state index contributed by atoms with van der Waals surface area (Å²) in [4.78, 5) is 25.7. The van der Waals surface area contributed by atoms with Crippen molar-refractivity contribution >= 4 is 11.7 Å². The third kappa shape index (κ3) is 7.93. The van der Waals surface area contributed by atoms with E-state index in [2.05, 4.69) is 48.6 Å². The zero-order valence-corrected chi connectivity index (χ0v) is 21.9. The highest BCUT2D eigenvalue weighted by Crippen LogP contribution is 2.28. The van der Waals surface area contributed by atoms with Gasteiger partial charge in [0.2, 0.25) is 0 Å². The second-order valence-corrected chi connectivity index (χ2v) is 9.89. The van der Waals surface area contributed by atoms with Gasteiger partial charge in [0, 0.05) is 71.6 Å². The number of hydrogen-bond donors (Lipinski definition) is 3. The van der Waals surface area contributed by atoms with Gasteiger partial charge in [0.05, 0.1) is 19.3 Å². The van der Waals surface area contributed by atoms with Gasteiger partial charge < -0.3 is 25.2 Å². The van der Waals surface area contributed by atoms with Gasteiger partial charge in [-0.3, -0.25) is 14.6 Å². The van der Waals surface area contributed by atoms with Crippen LogP contribution in [0.5, 0.6) is 0 Å². The molecular weight excluding hydrogens is 472 g/mol. The number of β-amino-alcohol motifs (C(OH)–C–C–N with tert-alkyl or cyclic N) is 1. The average Bonchev–Trinajstić information content (AvgIpc) is 2.90. The molecule has 10 nitrogen and oxygen atoms in total. The molecule has 202 valence electrons. The van der Waals surface area contributed by atoms with Crippen LogP contribution in [-0.4, -0.2) is 109 Å². The SMILES string of the molecule is COCCN(CCOC)[C@H]1C[C@@H](Nc2cc(C(=O)NC[C@H](O)CN3CCc4ccccc4C3)ncn2)C1. The summed E-state index contributed by atoms with van der Waals surface area (Å²) < 4.78 is 10.5. The fourth-order valence-electron chi connectivity index (χ4n) is 5.04. The van der Waals surface area contributed by atoms with Gasteiger partial charge in [0.25, 0.3) is 5.91 Å². The van der Waals surface area contributed by atoms with E-state index in [1.165, 1.54) is 17.5 Å². The van der Waals surface area contributed by atoms with Crippen molar-refractivity contribution in [2.24, 2.45) is 0 Å². The Kier molecular flexibility index (Phi) is 10.2. The molecule has 1 aromatic carbocycles. The Bertz CT molecular complexity index is 994. The minimum Gasteiger partial charge on any atom is -0.390 e. The van der Waals surface area contributed by atoms with Crippen LogP contribution in [0.3, 0.4) is 0 Å². The second-order valence-electron chi connectivity index (χ2n) is 9.89.